The topological polar surface area (TPSA) is 84.1 Å². The Balaban J connectivity index is 1.55. The van der Waals surface area contributed by atoms with Crippen molar-refractivity contribution in [3.8, 4) is 11.5 Å². The maximum atomic E-state index is 14.3. The summed E-state index contributed by atoms with van der Waals surface area (Å²) in [6.45, 7) is 4.40. The molecule has 0 radical (unpaired) electrons. The Bertz CT molecular complexity index is 2050. The zero-order chi connectivity index (χ0) is 30.1. The highest BCUT2D eigenvalue weighted by molar-refractivity contribution is 7.07. The second-order valence-electron chi connectivity index (χ2n) is 10.1. The lowest BCUT2D eigenvalue weighted by atomic mass is 9.94. The van der Waals surface area contributed by atoms with E-state index in [1.807, 2.05) is 36.4 Å². The minimum absolute atomic E-state index is 0.190. The maximum absolute atomic E-state index is 14.3. The van der Waals surface area contributed by atoms with Gasteiger partial charge in [0.15, 0.2) is 4.80 Å². The van der Waals surface area contributed by atoms with E-state index in [1.165, 1.54) is 16.9 Å². The molecule has 0 amide bonds. The fourth-order valence-electron chi connectivity index (χ4n) is 5.58. The molecule has 6 rings (SSSR count). The van der Waals surface area contributed by atoms with Crippen molar-refractivity contribution >= 4 is 34.3 Å². The van der Waals surface area contributed by atoms with Crippen LogP contribution >= 0.6 is 11.3 Å². The first kappa shape index (κ1) is 28.2. The molecular weight excluding hydrogens is 562 g/mol. The molecule has 1 aliphatic rings. The number of thiazole rings is 1. The highest BCUT2D eigenvalue weighted by atomic mass is 32.1. The van der Waals surface area contributed by atoms with Crippen molar-refractivity contribution in [2.24, 2.45) is 4.99 Å². The first-order valence-corrected chi connectivity index (χ1v) is 14.8. The van der Waals surface area contributed by atoms with E-state index in [-0.39, 0.29) is 17.7 Å². The van der Waals surface area contributed by atoms with Crippen LogP contribution in [0.5, 0.6) is 11.5 Å². The third kappa shape index (κ3) is 5.17. The average Bonchev–Trinajstić information content (AvgIpc) is 3.52. The average molecular weight is 594 g/mol. The molecule has 43 heavy (non-hydrogen) atoms. The van der Waals surface area contributed by atoms with Crippen LogP contribution in [0.4, 0.5) is 0 Å². The van der Waals surface area contributed by atoms with Crippen LogP contribution in [0.25, 0.3) is 17.0 Å². The van der Waals surface area contributed by atoms with Crippen molar-refractivity contribution in [3.63, 3.8) is 0 Å². The van der Waals surface area contributed by atoms with E-state index in [0.29, 0.717) is 38.6 Å². The highest BCUT2D eigenvalue weighted by Crippen LogP contribution is 2.38. The Labute approximate surface area is 252 Å². The number of aromatic nitrogens is 2. The van der Waals surface area contributed by atoms with Crippen molar-refractivity contribution in [2.45, 2.75) is 26.4 Å². The molecule has 5 aromatic rings. The smallest absolute Gasteiger partial charge is 0.338 e. The molecule has 3 aromatic carbocycles. The van der Waals surface area contributed by atoms with Gasteiger partial charge in [-0.3, -0.25) is 9.36 Å². The largest absolute Gasteiger partial charge is 0.497 e. The first-order valence-electron chi connectivity index (χ1n) is 14.0. The van der Waals surface area contributed by atoms with Crippen molar-refractivity contribution in [2.75, 3.05) is 20.8 Å². The predicted molar refractivity (Wildman–Crippen MR) is 167 cm³/mol. The lowest BCUT2D eigenvalue weighted by Gasteiger charge is -2.26. The summed E-state index contributed by atoms with van der Waals surface area (Å²) in [7, 11) is 3.12. The first-order chi connectivity index (χ1) is 20.9. The number of fused-ring (bicyclic) bond motifs is 2. The number of allylic oxidation sites excluding steroid dienone is 1. The molecule has 0 N–H and O–H groups in total. The molecule has 0 spiro atoms. The van der Waals surface area contributed by atoms with Crippen LogP contribution in [0.2, 0.25) is 0 Å². The number of hydrogen-bond acceptors (Lipinski definition) is 7. The number of para-hydroxylation sites is 1. The van der Waals surface area contributed by atoms with E-state index in [2.05, 4.69) is 35.0 Å². The van der Waals surface area contributed by atoms with Crippen LogP contribution in [0.3, 0.4) is 0 Å². The van der Waals surface area contributed by atoms with Crippen molar-refractivity contribution in [1.82, 2.24) is 9.13 Å². The quantitative estimate of drug-likeness (QED) is 0.241. The zero-order valence-electron chi connectivity index (χ0n) is 24.4. The second-order valence-corrected chi connectivity index (χ2v) is 11.1. The fourth-order valence-corrected chi connectivity index (χ4v) is 6.62. The Morgan fingerprint density at radius 3 is 2.53 bits per heavy atom. The van der Waals surface area contributed by atoms with Gasteiger partial charge in [0.2, 0.25) is 0 Å². The van der Waals surface area contributed by atoms with Gasteiger partial charge in [-0.15, -0.1) is 0 Å². The Kier molecular flexibility index (Phi) is 7.73. The van der Waals surface area contributed by atoms with Crippen LogP contribution in [0, 0.1) is 0 Å². The summed E-state index contributed by atoms with van der Waals surface area (Å²) in [6.07, 6.45) is 3.99. The molecule has 8 nitrogen and oxygen atoms in total. The number of rotatable bonds is 8. The normalized spacial score (nSPS) is 14.9. The molecule has 1 atom stereocenters. The van der Waals surface area contributed by atoms with E-state index >= 15 is 0 Å². The van der Waals surface area contributed by atoms with Crippen molar-refractivity contribution < 1.29 is 19.0 Å². The van der Waals surface area contributed by atoms with Gasteiger partial charge < -0.3 is 18.8 Å². The molecule has 0 aliphatic carbocycles. The summed E-state index contributed by atoms with van der Waals surface area (Å²) in [6, 6.07) is 22.9. The van der Waals surface area contributed by atoms with Crippen molar-refractivity contribution in [3.05, 3.63) is 127 Å². The highest BCUT2D eigenvalue weighted by Gasteiger charge is 2.35. The molecule has 3 heterocycles. The number of methoxy groups -OCH3 is 2. The summed E-state index contributed by atoms with van der Waals surface area (Å²) >= 11 is 1.29. The molecule has 2 aromatic heterocycles. The third-order valence-electron chi connectivity index (χ3n) is 7.55. The van der Waals surface area contributed by atoms with Crippen LogP contribution in [-0.4, -0.2) is 35.9 Å². The van der Waals surface area contributed by atoms with Crippen molar-refractivity contribution in [1.29, 1.82) is 0 Å². The van der Waals surface area contributed by atoms with Gasteiger partial charge in [-0.2, -0.15) is 0 Å². The third-order valence-corrected chi connectivity index (χ3v) is 8.53. The van der Waals surface area contributed by atoms with E-state index in [4.69, 9.17) is 19.2 Å². The van der Waals surface area contributed by atoms with Gasteiger partial charge >= 0.3 is 5.97 Å². The molecule has 0 saturated carbocycles. The number of nitrogens with zero attached hydrogens (tertiary/aromatic N) is 3. The van der Waals surface area contributed by atoms with E-state index in [1.54, 1.807) is 50.8 Å². The Morgan fingerprint density at radius 1 is 1.02 bits per heavy atom. The second kappa shape index (κ2) is 11.8. The lowest BCUT2D eigenvalue weighted by molar-refractivity contribution is -0.139. The summed E-state index contributed by atoms with van der Waals surface area (Å²) in [4.78, 5) is 32.8. The van der Waals surface area contributed by atoms with Gasteiger partial charge in [-0.1, -0.05) is 59.9 Å². The Hall–Kier alpha value is -4.89. The monoisotopic (exact) mass is 593 g/mol. The summed E-state index contributed by atoms with van der Waals surface area (Å²) < 4.78 is 20.9. The molecule has 218 valence electrons. The number of carbonyl (C=O) groups is 1. The standard InChI is InChI=1S/C34H31N3O5S/c1-5-42-33(39)30-21(2)35-34-37(31(30)26-18-24(40-3)15-16-28(26)41-4)32(38)29(43-34)17-23-20-36(19-22-11-7-6-8-12-22)27-14-10-9-13-25(23)27/h6-18,20,31H,5,19H2,1-4H3/b29-17-/t31-/m1/s1. The molecule has 1 aliphatic heterocycles. The molecule has 0 fully saturated rings. The van der Waals surface area contributed by atoms with Crippen LogP contribution in [0.15, 0.2) is 100 Å². The van der Waals surface area contributed by atoms with Crippen LogP contribution in [-0.2, 0) is 16.1 Å². The summed E-state index contributed by atoms with van der Waals surface area (Å²) in [5, 5.41) is 1.04. The van der Waals surface area contributed by atoms with Gasteiger partial charge in [0.1, 0.15) is 17.5 Å². The predicted octanol–water partition coefficient (Wildman–Crippen LogP) is 4.82. The van der Waals surface area contributed by atoms with Gasteiger partial charge in [0.25, 0.3) is 5.56 Å². The number of hydrogen-bond donors (Lipinski definition) is 0. The van der Waals surface area contributed by atoms with Gasteiger partial charge in [-0.25, -0.2) is 9.79 Å². The molecule has 0 unspecified atom stereocenters. The molecule has 0 saturated heterocycles. The maximum Gasteiger partial charge on any atom is 0.338 e. The molecule has 9 heteroatoms. The van der Waals surface area contributed by atoms with Gasteiger partial charge in [-0.05, 0) is 49.8 Å². The fraction of sp³-hybridized carbons (Fsp3) is 0.206. The molecule has 0 bridgehead atoms. The zero-order valence-corrected chi connectivity index (χ0v) is 25.2. The minimum atomic E-state index is -0.818. The number of carbonyl (C=O) groups excluding carboxylic acids is 1. The summed E-state index contributed by atoms with van der Waals surface area (Å²) in [5.41, 5.74) is 4.30. The number of esters is 1. The molecular formula is C34H31N3O5S. The Morgan fingerprint density at radius 2 is 1.79 bits per heavy atom. The van der Waals surface area contributed by atoms with Crippen LogP contribution in [0.1, 0.15) is 36.6 Å². The lowest BCUT2D eigenvalue weighted by Crippen LogP contribution is -2.40. The SMILES string of the molecule is CCOC(=O)C1=C(C)N=c2s/c(=C\c3cn(Cc4ccccc4)c4ccccc34)c(=O)n2[C@@H]1c1cc(OC)ccc1OC. The van der Waals surface area contributed by atoms with Gasteiger partial charge in [0, 0.05) is 34.8 Å². The van der Waals surface area contributed by atoms with Gasteiger partial charge in [0.05, 0.1) is 36.6 Å². The van der Waals surface area contributed by atoms with E-state index in [9.17, 15) is 9.59 Å². The van der Waals surface area contributed by atoms with E-state index < -0.39 is 12.0 Å². The van der Waals surface area contributed by atoms with E-state index in [0.717, 1.165) is 16.5 Å². The number of benzene rings is 3. The summed E-state index contributed by atoms with van der Waals surface area (Å²) in [5.74, 6) is 0.555. The number of ether oxygens (including phenoxy) is 3. The minimum Gasteiger partial charge on any atom is -0.497 e. The van der Waals surface area contributed by atoms with Crippen LogP contribution < -0.4 is 24.4 Å².